The third-order valence-electron chi connectivity index (χ3n) is 3.33. The van der Waals surface area contributed by atoms with Gasteiger partial charge in [-0.05, 0) is 25.5 Å². The Bertz CT molecular complexity index is 504. The summed E-state index contributed by atoms with van der Waals surface area (Å²) in [6.45, 7) is 3.54. The van der Waals surface area contributed by atoms with E-state index in [-0.39, 0.29) is 17.9 Å². The molecule has 1 aromatic rings. The number of nitrogens with two attached hydrogens (primary N) is 1. The number of rotatable bonds is 5. The van der Waals surface area contributed by atoms with Crippen molar-refractivity contribution in [2.24, 2.45) is 5.73 Å². The fourth-order valence-electron chi connectivity index (χ4n) is 2.31. The molecule has 1 aromatic heterocycles. The lowest BCUT2D eigenvalue weighted by Gasteiger charge is -2.21. The molecule has 1 aliphatic heterocycles. The first-order chi connectivity index (χ1) is 9.60. The van der Waals surface area contributed by atoms with Crippen LogP contribution in [-0.2, 0) is 11.3 Å². The molecular weight excluding hydrogens is 256 g/mol. The minimum absolute atomic E-state index is 0.0842. The minimum Gasteiger partial charge on any atom is -0.348 e. The average molecular weight is 276 g/mol. The lowest BCUT2D eigenvalue weighted by Crippen LogP contribution is -2.42. The molecule has 20 heavy (non-hydrogen) atoms. The van der Waals surface area contributed by atoms with Gasteiger partial charge in [0, 0.05) is 43.9 Å². The van der Waals surface area contributed by atoms with Gasteiger partial charge in [-0.15, -0.1) is 0 Å². The van der Waals surface area contributed by atoms with Crippen LogP contribution in [0.4, 0.5) is 0 Å². The molecule has 6 heteroatoms. The zero-order valence-corrected chi connectivity index (χ0v) is 11.6. The summed E-state index contributed by atoms with van der Waals surface area (Å²) in [4.78, 5) is 29.5. The zero-order valence-electron chi connectivity index (χ0n) is 11.6. The van der Waals surface area contributed by atoms with E-state index in [9.17, 15) is 9.59 Å². The molecule has 1 saturated heterocycles. The Labute approximate surface area is 118 Å². The SMILES string of the molecule is CC(CN1CCCC1=O)NC(=O)c1ccnc(CN)c1. The second kappa shape index (κ2) is 6.47. The highest BCUT2D eigenvalue weighted by atomic mass is 16.2. The molecule has 0 aliphatic carbocycles. The predicted octanol–water partition coefficient (Wildman–Crippen LogP) is 0.281. The van der Waals surface area contributed by atoms with E-state index in [1.165, 1.54) is 0 Å². The summed E-state index contributed by atoms with van der Waals surface area (Å²) in [5.74, 6) is 0.00155. The second-order valence-corrected chi connectivity index (χ2v) is 5.06. The zero-order chi connectivity index (χ0) is 14.5. The molecule has 3 N–H and O–H groups in total. The van der Waals surface area contributed by atoms with E-state index in [0.717, 1.165) is 13.0 Å². The van der Waals surface area contributed by atoms with Crippen LogP contribution in [0.3, 0.4) is 0 Å². The van der Waals surface area contributed by atoms with Crippen LogP contribution in [0.1, 0.15) is 35.8 Å². The van der Waals surface area contributed by atoms with Crippen LogP contribution in [-0.4, -0.2) is 40.8 Å². The van der Waals surface area contributed by atoms with Crippen LogP contribution in [0.25, 0.3) is 0 Å². The summed E-state index contributed by atoms with van der Waals surface area (Å²) >= 11 is 0. The van der Waals surface area contributed by atoms with E-state index in [4.69, 9.17) is 5.73 Å². The largest absolute Gasteiger partial charge is 0.348 e. The van der Waals surface area contributed by atoms with E-state index in [2.05, 4.69) is 10.3 Å². The maximum atomic E-state index is 12.1. The van der Waals surface area contributed by atoms with Gasteiger partial charge in [0.15, 0.2) is 0 Å². The van der Waals surface area contributed by atoms with E-state index in [1.54, 1.807) is 23.2 Å². The van der Waals surface area contributed by atoms with Crippen LogP contribution in [0.5, 0.6) is 0 Å². The molecule has 1 fully saturated rings. The molecule has 2 rings (SSSR count). The van der Waals surface area contributed by atoms with Gasteiger partial charge in [-0.3, -0.25) is 14.6 Å². The van der Waals surface area contributed by atoms with Crippen molar-refractivity contribution in [2.45, 2.75) is 32.4 Å². The summed E-state index contributed by atoms with van der Waals surface area (Å²) in [6, 6.07) is 3.25. The van der Waals surface area contributed by atoms with Gasteiger partial charge < -0.3 is 16.0 Å². The fourth-order valence-corrected chi connectivity index (χ4v) is 2.31. The molecule has 2 heterocycles. The first-order valence-electron chi connectivity index (χ1n) is 6.84. The normalized spacial score (nSPS) is 16.3. The third-order valence-corrected chi connectivity index (χ3v) is 3.33. The highest BCUT2D eigenvalue weighted by Gasteiger charge is 2.22. The number of hydrogen-bond donors (Lipinski definition) is 2. The quantitative estimate of drug-likeness (QED) is 0.808. The van der Waals surface area contributed by atoms with Crippen molar-refractivity contribution in [2.75, 3.05) is 13.1 Å². The van der Waals surface area contributed by atoms with Crippen molar-refractivity contribution in [3.8, 4) is 0 Å². The number of nitrogens with one attached hydrogen (secondary N) is 1. The Balaban J connectivity index is 1.91. The number of aromatic nitrogens is 1. The number of amides is 2. The third kappa shape index (κ3) is 3.54. The van der Waals surface area contributed by atoms with Crippen molar-refractivity contribution < 1.29 is 9.59 Å². The molecule has 1 atom stereocenters. The highest BCUT2D eigenvalue weighted by molar-refractivity contribution is 5.94. The van der Waals surface area contributed by atoms with Crippen LogP contribution in [0, 0.1) is 0 Å². The van der Waals surface area contributed by atoms with E-state index < -0.39 is 0 Å². The number of carbonyl (C=O) groups excluding carboxylic acids is 2. The molecule has 0 saturated carbocycles. The summed E-state index contributed by atoms with van der Waals surface area (Å²) in [5.41, 5.74) is 6.73. The van der Waals surface area contributed by atoms with Gasteiger partial charge >= 0.3 is 0 Å². The van der Waals surface area contributed by atoms with Gasteiger partial charge in [0.25, 0.3) is 5.91 Å². The summed E-state index contributed by atoms with van der Waals surface area (Å²) < 4.78 is 0. The Morgan fingerprint density at radius 3 is 3.05 bits per heavy atom. The predicted molar refractivity (Wildman–Crippen MR) is 74.9 cm³/mol. The van der Waals surface area contributed by atoms with E-state index >= 15 is 0 Å². The van der Waals surface area contributed by atoms with Gasteiger partial charge in [-0.25, -0.2) is 0 Å². The average Bonchev–Trinajstić information content (AvgIpc) is 2.84. The van der Waals surface area contributed by atoms with Crippen molar-refractivity contribution >= 4 is 11.8 Å². The summed E-state index contributed by atoms with van der Waals surface area (Å²) in [7, 11) is 0. The number of likely N-dealkylation sites (tertiary alicyclic amines) is 1. The van der Waals surface area contributed by atoms with Gasteiger partial charge in [0.2, 0.25) is 5.91 Å². The first-order valence-corrected chi connectivity index (χ1v) is 6.84. The van der Waals surface area contributed by atoms with Crippen molar-refractivity contribution in [1.29, 1.82) is 0 Å². The van der Waals surface area contributed by atoms with Crippen molar-refractivity contribution in [3.63, 3.8) is 0 Å². The lowest BCUT2D eigenvalue weighted by atomic mass is 10.2. The molecule has 0 aromatic carbocycles. The van der Waals surface area contributed by atoms with E-state index in [1.807, 2.05) is 6.92 Å². The Morgan fingerprint density at radius 1 is 1.60 bits per heavy atom. The molecule has 0 spiro atoms. The maximum Gasteiger partial charge on any atom is 0.251 e. The monoisotopic (exact) mass is 276 g/mol. The van der Waals surface area contributed by atoms with Crippen molar-refractivity contribution in [3.05, 3.63) is 29.6 Å². The fraction of sp³-hybridized carbons (Fsp3) is 0.500. The van der Waals surface area contributed by atoms with Gasteiger partial charge in [-0.1, -0.05) is 0 Å². The highest BCUT2D eigenvalue weighted by Crippen LogP contribution is 2.10. The molecule has 1 aliphatic rings. The second-order valence-electron chi connectivity index (χ2n) is 5.06. The van der Waals surface area contributed by atoms with Gasteiger partial charge in [0.05, 0.1) is 5.69 Å². The van der Waals surface area contributed by atoms with Crippen LogP contribution in [0.15, 0.2) is 18.3 Å². The molecular formula is C14H20N4O2. The molecule has 1 unspecified atom stereocenters. The van der Waals surface area contributed by atoms with Crippen LogP contribution >= 0.6 is 0 Å². The molecule has 6 nitrogen and oxygen atoms in total. The van der Waals surface area contributed by atoms with Gasteiger partial charge in [-0.2, -0.15) is 0 Å². The molecule has 2 amide bonds. The van der Waals surface area contributed by atoms with E-state index in [0.29, 0.717) is 30.8 Å². The smallest absolute Gasteiger partial charge is 0.251 e. The maximum absolute atomic E-state index is 12.1. The van der Waals surface area contributed by atoms with Gasteiger partial charge in [0.1, 0.15) is 0 Å². The van der Waals surface area contributed by atoms with Crippen molar-refractivity contribution in [1.82, 2.24) is 15.2 Å². The Morgan fingerprint density at radius 2 is 2.40 bits per heavy atom. The topological polar surface area (TPSA) is 88.3 Å². The Hall–Kier alpha value is -1.95. The number of hydrogen-bond acceptors (Lipinski definition) is 4. The molecule has 108 valence electrons. The minimum atomic E-state index is -0.166. The number of nitrogens with zero attached hydrogens (tertiary/aromatic N) is 2. The first kappa shape index (κ1) is 14.5. The molecule has 0 bridgehead atoms. The standard InChI is InChI=1S/C14H20N4O2/c1-10(9-18-6-2-3-13(18)19)17-14(20)11-4-5-16-12(7-11)8-15/h4-5,7,10H,2-3,6,8-9,15H2,1H3,(H,17,20). The van der Waals surface area contributed by atoms with Crippen LogP contribution in [0.2, 0.25) is 0 Å². The summed E-state index contributed by atoms with van der Waals surface area (Å²) in [5, 5.41) is 2.89. The molecule has 0 radical (unpaired) electrons. The number of pyridine rings is 1. The number of carbonyl (C=O) groups is 2. The van der Waals surface area contributed by atoms with Crippen LogP contribution < -0.4 is 11.1 Å². The summed E-state index contributed by atoms with van der Waals surface area (Å²) in [6.07, 6.45) is 3.10. The lowest BCUT2D eigenvalue weighted by molar-refractivity contribution is -0.127. The Kier molecular flexibility index (Phi) is 4.68.